The molecule has 4 nitrogen and oxygen atoms in total. The zero-order valence-corrected chi connectivity index (χ0v) is 16.6. The van der Waals surface area contributed by atoms with Crippen LogP contribution in [0, 0.1) is 5.92 Å². The van der Waals surface area contributed by atoms with Gasteiger partial charge in [0.2, 0.25) is 5.91 Å². The Bertz CT molecular complexity index is 633. The number of benzene rings is 1. The van der Waals surface area contributed by atoms with Crippen molar-refractivity contribution in [1.82, 2.24) is 10.3 Å². The summed E-state index contributed by atoms with van der Waals surface area (Å²) in [6, 6.07) is 12.5. The quantitative estimate of drug-likeness (QED) is 0.671. The maximum Gasteiger partial charge on any atom is 0.221 e. The van der Waals surface area contributed by atoms with Crippen molar-refractivity contribution in [3.8, 4) is 0 Å². The van der Waals surface area contributed by atoms with Crippen LogP contribution in [0.25, 0.3) is 0 Å². The minimum atomic E-state index is -0.331. The minimum Gasteiger partial charge on any atom is -0.369 e. The van der Waals surface area contributed by atoms with E-state index >= 15 is 0 Å². The molecule has 0 saturated carbocycles. The van der Waals surface area contributed by atoms with E-state index in [0.29, 0.717) is 0 Å². The van der Waals surface area contributed by atoms with Gasteiger partial charge < -0.3 is 11.1 Å². The molecular formula is C22H33N3O. The van der Waals surface area contributed by atoms with Gasteiger partial charge in [-0.15, -0.1) is 0 Å². The smallest absolute Gasteiger partial charge is 0.221 e. The van der Waals surface area contributed by atoms with Crippen molar-refractivity contribution in [2.45, 2.75) is 53.5 Å². The number of primary amides is 1. The molecule has 1 aromatic heterocycles. The Balaban J connectivity index is 0.00000163. The molecule has 4 heteroatoms. The summed E-state index contributed by atoms with van der Waals surface area (Å²) in [6.07, 6.45) is 3.96. The van der Waals surface area contributed by atoms with E-state index in [4.69, 9.17) is 5.73 Å². The predicted octanol–water partition coefficient (Wildman–Crippen LogP) is 3.86. The van der Waals surface area contributed by atoms with E-state index in [1.807, 2.05) is 26.0 Å². The Morgan fingerprint density at radius 3 is 2.19 bits per heavy atom. The van der Waals surface area contributed by atoms with E-state index in [2.05, 4.69) is 48.4 Å². The molecule has 0 aliphatic carbocycles. The Labute approximate surface area is 158 Å². The molecule has 1 aromatic carbocycles. The molecule has 0 atom stereocenters. The first-order valence-electron chi connectivity index (χ1n) is 9.53. The molecule has 26 heavy (non-hydrogen) atoms. The van der Waals surface area contributed by atoms with Gasteiger partial charge in [-0.2, -0.15) is 0 Å². The fourth-order valence-electron chi connectivity index (χ4n) is 2.47. The van der Waals surface area contributed by atoms with Crippen molar-refractivity contribution >= 4 is 5.91 Å². The molecule has 0 spiro atoms. The molecule has 3 N–H and O–H groups in total. The van der Waals surface area contributed by atoms with Gasteiger partial charge in [-0.05, 0) is 41.6 Å². The third-order valence-electron chi connectivity index (χ3n) is 3.90. The molecule has 0 aliphatic heterocycles. The standard InChI is InChI=1S/C20H27N3O.C2H6/c1-15(2)9-10-22-13-17-5-3-16(4-6-17)11-19-8-7-18(14-23-19)12-20(21)24;1-2/h3-8,14-15,22H,9-13H2,1-2H3,(H2,21,24);1-2H3. The number of rotatable bonds is 9. The topological polar surface area (TPSA) is 68.0 Å². The maximum atomic E-state index is 10.9. The van der Waals surface area contributed by atoms with E-state index in [1.54, 1.807) is 6.20 Å². The van der Waals surface area contributed by atoms with Crippen molar-refractivity contribution in [3.63, 3.8) is 0 Å². The van der Waals surface area contributed by atoms with Gasteiger partial charge in [-0.3, -0.25) is 9.78 Å². The lowest BCUT2D eigenvalue weighted by molar-refractivity contribution is -0.117. The van der Waals surface area contributed by atoms with Crippen LogP contribution in [0.2, 0.25) is 0 Å². The largest absolute Gasteiger partial charge is 0.369 e. The van der Waals surface area contributed by atoms with Crippen molar-refractivity contribution in [1.29, 1.82) is 0 Å². The number of aromatic nitrogens is 1. The average molecular weight is 356 g/mol. The van der Waals surface area contributed by atoms with Gasteiger partial charge in [-0.25, -0.2) is 0 Å². The molecule has 0 unspecified atom stereocenters. The van der Waals surface area contributed by atoms with E-state index in [1.165, 1.54) is 17.5 Å². The molecule has 0 bridgehead atoms. The number of nitrogens with zero attached hydrogens (tertiary/aromatic N) is 1. The summed E-state index contributed by atoms with van der Waals surface area (Å²) in [6.45, 7) is 10.4. The molecule has 0 radical (unpaired) electrons. The van der Waals surface area contributed by atoms with Crippen LogP contribution < -0.4 is 11.1 Å². The highest BCUT2D eigenvalue weighted by Crippen LogP contribution is 2.10. The lowest BCUT2D eigenvalue weighted by Crippen LogP contribution is -2.16. The summed E-state index contributed by atoms with van der Waals surface area (Å²) in [5.74, 6) is 0.406. The van der Waals surface area contributed by atoms with Crippen LogP contribution in [0.1, 0.15) is 56.5 Å². The van der Waals surface area contributed by atoms with Crippen LogP contribution in [0.5, 0.6) is 0 Å². The predicted molar refractivity (Wildman–Crippen MR) is 109 cm³/mol. The van der Waals surface area contributed by atoms with Crippen LogP contribution >= 0.6 is 0 Å². The average Bonchev–Trinajstić information content (AvgIpc) is 2.63. The number of carbonyl (C=O) groups excluding carboxylic acids is 1. The fraction of sp³-hybridized carbons (Fsp3) is 0.455. The second kappa shape index (κ2) is 12.2. The number of nitrogens with one attached hydrogen (secondary N) is 1. The van der Waals surface area contributed by atoms with Crippen molar-refractivity contribution in [2.24, 2.45) is 11.7 Å². The Kier molecular flexibility index (Phi) is 10.3. The molecule has 2 aromatic rings. The molecule has 0 fully saturated rings. The first kappa shape index (κ1) is 21.8. The van der Waals surface area contributed by atoms with E-state index in [0.717, 1.165) is 36.7 Å². The zero-order valence-electron chi connectivity index (χ0n) is 16.6. The van der Waals surface area contributed by atoms with Crippen LogP contribution in [0.3, 0.4) is 0 Å². The third kappa shape index (κ3) is 8.77. The summed E-state index contributed by atoms with van der Waals surface area (Å²) in [4.78, 5) is 15.3. The molecule has 2 rings (SSSR count). The second-order valence-corrected chi connectivity index (χ2v) is 6.65. The number of carbonyl (C=O) groups is 1. The molecule has 142 valence electrons. The fourth-order valence-corrected chi connectivity index (χ4v) is 2.47. The van der Waals surface area contributed by atoms with Crippen LogP contribution in [-0.2, 0) is 24.2 Å². The summed E-state index contributed by atoms with van der Waals surface area (Å²) in [7, 11) is 0. The Hall–Kier alpha value is -2.20. The van der Waals surface area contributed by atoms with Crippen LogP contribution in [0.4, 0.5) is 0 Å². The first-order valence-corrected chi connectivity index (χ1v) is 9.53. The Morgan fingerprint density at radius 2 is 1.65 bits per heavy atom. The van der Waals surface area contributed by atoms with Gasteiger partial charge >= 0.3 is 0 Å². The van der Waals surface area contributed by atoms with Gasteiger partial charge in [0.05, 0.1) is 6.42 Å². The van der Waals surface area contributed by atoms with Gasteiger partial charge in [0.1, 0.15) is 0 Å². The second-order valence-electron chi connectivity index (χ2n) is 6.65. The summed E-state index contributed by atoms with van der Waals surface area (Å²) in [5, 5.41) is 3.47. The number of pyridine rings is 1. The normalized spacial score (nSPS) is 10.3. The van der Waals surface area contributed by atoms with Crippen molar-refractivity contribution < 1.29 is 4.79 Å². The van der Waals surface area contributed by atoms with E-state index in [9.17, 15) is 4.79 Å². The van der Waals surface area contributed by atoms with Gasteiger partial charge in [0.15, 0.2) is 0 Å². The number of hydrogen-bond acceptors (Lipinski definition) is 3. The number of amides is 1. The van der Waals surface area contributed by atoms with E-state index in [-0.39, 0.29) is 12.3 Å². The highest BCUT2D eigenvalue weighted by atomic mass is 16.1. The monoisotopic (exact) mass is 355 g/mol. The molecule has 0 aliphatic rings. The van der Waals surface area contributed by atoms with Crippen LogP contribution in [-0.4, -0.2) is 17.4 Å². The Morgan fingerprint density at radius 1 is 1.04 bits per heavy atom. The van der Waals surface area contributed by atoms with Gasteiger partial charge in [0, 0.05) is 24.9 Å². The highest BCUT2D eigenvalue weighted by molar-refractivity contribution is 5.76. The number of nitrogens with two attached hydrogens (primary N) is 1. The SMILES string of the molecule is CC.CC(C)CCNCc1ccc(Cc2ccc(CC(N)=O)cn2)cc1. The lowest BCUT2D eigenvalue weighted by Gasteiger charge is -2.08. The number of hydrogen-bond donors (Lipinski definition) is 2. The van der Waals surface area contributed by atoms with Crippen molar-refractivity contribution in [2.75, 3.05) is 6.54 Å². The maximum absolute atomic E-state index is 10.9. The summed E-state index contributed by atoms with van der Waals surface area (Å²) in [5.41, 5.74) is 9.56. The van der Waals surface area contributed by atoms with Crippen molar-refractivity contribution in [3.05, 3.63) is 65.0 Å². The highest BCUT2D eigenvalue weighted by Gasteiger charge is 2.02. The summed E-state index contributed by atoms with van der Waals surface area (Å²) >= 11 is 0. The molecule has 1 heterocycles. The molecule has 0 saturated heterocycles. The lowest BCUT2D eigenvalue weighted by atomic mass is 10.1. The van der Waals surface area contributed by atoms with Gasteiger partial charge in [0.25, 0.3) is 0 Å². The zero-order chi connectivity index (χ0) is 19.4. The molecular weight excluding hydrogens is 322 g/mol. The van der Waals surface area contributed by atoms with E-state index < -0.39 is 0 Å². The van der Waals surface area contributed by atoms with Gasteiger partial charge in [-0.1, -0.05) is 58.0 Å². The first-order chi connectivity index (χ1) is 12.5. The summed E-state index contributed by atoms with van der Waals surface area (Å²) < 4.78 is 0. The van der Waals surface area contributed by atoms with Crippen LogP contribution in [0.15, 0.2) is 42.6 Å². The molecule has 1 amide bonds. The minimum absolute atomic E-state index is 0.242. The third-order valence-corrected chi connectivity index (χ3v) is 3.90.